The molecule has 0 saturated heterocycles. The Kier molecular flexibility index (Phi) is 3.67. The first-order valence-electron chi connectivity index (χ1n) is 6.32. The lowest BCUT2D eigenvalue weighted by atomic mass is 10.1. The molecule has 0 radical (unpaired) electrons. The Morgan fingerprint density at radius 1 is 1.41 bits per heavy atom. The van der Waals surface area contributed by atoms with Gasteiger partial charge in [0.05, 0.1) is 17.5 Å². The molecule has 1 unspecified atom stereocenters. The molecule has 22 heavy (non-hydrogen) atoms. The van der Waals surface area contributed by atoms with Gasteiger partial charge in [-0.25, -0.2) is 8.42 Å². The highest BCUT2D eigenvalue weighted by atomic mass is 32.2. The van der Waals surface area contributed by atoms with Crippen LogP contribution in [0.3, 0.4) is 0 Å². The van der Waals surface area contributed by atoms with Crippen LogP contribution in [0.25, 0.3) is 0 Å². The standard InChI is InChI=1S/C13H11N3O4S2/c17-12-11(9-3-1-2-4-10(9)15-12)16-20-13(21)14-8-5-6-22(18,19)7-8/h1-6,8H,7H2,(H,14,21)(H,15,16,17). The van der Waals surface area contributed by atoms with Crippen molar-refractivity contribution in [2.45, 2.75) is 6.04 Å². The fraction of sp³-hybridized carbons (Fsp3) is 0.154. The number of sulfone groups is 1. The second-order valence-electron chi connectivity index (χ2n) is 4.73. The third-order valence-electron chi connectivity index (χ3n) is 3.10. The zero-order chi connectivity index (χ0) is 15.7. The van der Waals surface area contributed by atoms with E-state index in [4.69, 9.17) is 17.1 Å². The number of oxime groups is 1. The molecule has 2 heterocycles. The molecule has 9 heteroatoms. The van der Waals surface area contributed by atoms with Gasteiger partial charge in [0.15, 0.2) is 15.5 Å². The van der Waals surface area contributed by atoms with E-state index in [1.807, 2.05) is 0 Å². The van der Waals surface area contributed by atoms with Crippen LogP contribution in [0.5, 0.6) is 0 Å². The predicted molar refractivity (Wildman–Crippen MR) is 85.1 cm³/mol. The van der Waals surface area contributed by atoms with E-state index >= 15 is 0 Å². The summed E-state index contributed by atoms with van der Waals surface area (Å²) < 4.78 is 22.6. The Morgan fingerprint density at radius 2 is 2.18 bits per heavy atom. The largest absolute Gasteiger partial charge is 0.337 e. The first kappa shape index (κ1) is 14.7. The number of carbonyl (C=O) groups excluding carboxylic acids is 1. The predicted octanol–water partition coefficient (Wildman–Crippen LogP) is 0.545. The summed E-state index contributed by atoms with van der Waals surface area (Å²) in [5.74, 6) is -0.469. The Bertz CT molecular complexity index is 814. The number of rotatable bonds is 2. The fourth-order valence-corrected chi connectivity index (χ4v) is 3.55. The van der Waals surface area contributed by atoms with Crippen LogP contribution in [0, 0.1) is 0 Å². The number of para-hydroxylation sites is 1. The number of nitrogens with zero attached hydrogens (tertiary/aromatic N) is 1. The first-order chi connectivity index (χ1) is 10.4. The van der Waals surface area contributed by atoms with E-state index in [0.717, 1.165) is 5.41 Å². The highest BCUT2D eigenvalue weighted by molar-refractivity contribution is 7.94. The van der Waals surface area contributed by atoms with Crippen LogP contribution < -0.4 is 10.6 Å². The van der Waals surface area contributed by atoms with E-state index in [2.05, 4.69) is 15.8 Å². The molecule has 0 fully saturated rings. The molecule has 114 valence electrons. The highest BCUT2D eigenvalue weighted by Crippen LogP contribution is 2.22. The molecular weight excluding hydrogens is 326 g/mol. The maximum atomic E-state index is 11.8. The molecule has 1 atom stereocenters. The highest BCUT2D eigenvalue weighted by Gasteiger charge is 2.27. The second-order valence-corrected chi connectivity index (χ2v) is 7.03. The molecule has 1 aromatic carbocycles. The molecule has 2 aliphatic heterocycles. The number of benzene rings is 1. The number of thiocarbonyl (C=S) groups is 1. The van der Waals surface area contributed by atoms with Gasteiger partial charge in [0, 0.05) is 11.0 Å². The van der Waals surface area contributed by atoms with Crippen molar-refractivity contribution in [1.82, 2.24) is 5.32 Å². The molecular formula is C13H11N3O4S2. The monoisotopic (exact) mass is 337 g/mol. The van der Waals surface area contributed by atoms with E-state index in [-0.39, 0.29) is 22.5 Å². The smallest absolute Gasteiger partial charge is 0.289 e. The SMILES string of the molecule is O=C1Nc2ccccc2/C1=N/OC(=S)NC1C=CS(=O)(=O)C1. The lowest BCUT2D eigenvalue weighted by Crippen LogP contribution is -2.35. The molecule has 0 spiro atoms. The molecule has 0 saturated carbocycles. The van der Waals surface area contributed by atoms with E-state index in [1.54, 1.807) is 24.3 Å². The van der Waals surface area contributed by atoms with Crippen LogP contribution in [0.4, 0.5) is 5.69 Å². The van der Waals surface area contributed by atoms with Gasteiger partial charge < -0.3 is 15.5 Å². The number of carbonyl (C=O) groups is 1. The normalized spacial score (nSPS) is 23.2. The molecule has 1 amide bonds. The number of amides is 1. The molecule has 2 N–H and O–H groups in total. The molecule has 1 aromatic rings. The third-order valence-corrected chi connectivity index (χ3v) is 4.69. The lowest BCUT2D eigenvalue weighted by molar-refractivity contribution is -0.110. The zero-order valence-electron chi connectivity index (χ0n) is 11.1. The summed E-state index contributed by atoms with van der Waals surface area (Å²) in [5, 5.41) is 10.1. The minimum absolute atomic E-state index is 0.0869. The van der Waals surface area contributed by atoms with Crippen molar-refractivity contribution >= 4 is 44.5 Å². The number of hydrogen-bond acceptors (Lipinski definition) is 6. The van der Waals surface area contributed by atoms with Crippen LogP contribution in [0.1, 0.15) is 5.56 Å². The Hall–Kier alpha value is -2.26. The van der Waals surface area contributed by atoms with Crippen LogP contribution in [-0.2, 0) is 19.5 Å². The summed E-state index contributed by atoms with van der Waals surface area (Å²) in [6.45, 7) is 0. The van der Waals surface area contributed by atoms with Gasteiger partial charge in [-0.05, 0) is 24.4 Å². The van der Waals surface area contributed by atoms with Crippen molar-refractivity contribution in [3.8, 4) is 0 Å². The molecule has 0 bridgehead atoms. The summed E-state index contributed by atoms with van der Waals surface area (Å²) in [6.07, 6.45) is 1.48. The quantitative estimate of drug-likeness (QED) is 0.604. The van der Waals surface area contributed by atoms with Crippen molar-refractivity contribution < 1.29 is 18.0 Å². The Morgan fingerprint density at radius 3 is 2.91 bits per heavy atom. The summed E-state index contributed by atoms with van der Waals surface area (Å²) >= 11 is 4.94. The van der Waals surface area contributed by atoms with Crippen molar-refractivity contribution in [2.75, 3.05) is 11.1 Å². The van der Waals surface area contributed by atoms with Crippen molar-refractivity contribution in [3.63, 3.8) is 0 Å². The summed E-state index contributed by atoms with van der Waals surface area (Å²) in [4.78, 5) is 16.8. The van der Waals surface area contributed by atoms with E-state index in [9.17, 15) is 13.2 Å². The maximum Gasteiger partial charge on any atom is 0.289 e. The van der Waals surface area contributed by atoms with Gasteiger partial charge in [-0.2, -0.15) is 0 Å². The Labute approximate surface area is 131 Å². The number of nitrogens with one attached hydrogen (secondary N) is 2. The van der Waals surface area contributed by atoms with Crippen LogP contribution in [-0.4, -0.2) is 37.0 Å². The van der Waals surface area contributed by atoms with Crippen molar-refractivity contribution in [2.24, 2.45) is 5.16 Å². The van der Waals surface area contributed by atoms with Crippen molar-refractivity contribution in [3.05, 3.63) is 41.3 Å². The van der Waals surface area contributed by atoms with Gasteiger partial charge in [0.2, 0.25) is 0 Å². The van der Waals surface area contributed by atoms with E-state index in [0.29, 0.717) is 11.3 Å². The summed E-state index contributed by atoms with van der Waals surface area (Å²) in [6, 6.07) is 6.60. The minimum Gasteiger partial charge on any atom is -0.337 e. The van der Waals surface area contributed by atoms with Crippen LogP contribution in [0.15, 0.2) is 40.9 Å². The van der Waals surface area contributed by atoms with Gasteiger partial charge in [-0.15, -0.1) is 0 Å². The molecule has 7 nitrogen and oxygen atoms in total. The average Bonchev–Trinajstić information content (AvgIpc) is 2.95. The van der Waals surface area contributed by atoms with Crippen molar-refractivity contribution in [1.29, 1.82) is 0 Å². The average molecular weight is 337 g/mol. The minimum atomic E-state index is -3.18. The maximum absolute atomic E-state index is 11.8. The summed E-state index contributed by atoms with van der Waals surface area (Å²) in [7, 11) is -3.18. The number of fused-ring (bicyclic) bond motifs is 1. The van der Waals surface area contributed by atoms with Crippen LogP contribution in [0.2, 0.25) is 0 Å². The topological polar surface area (TPSA) is 96.9 Å². The number of anilines is 1. The van der Waals surface area contributed by atoms with Crippen LogP contribution >= 0.6 is 12.2 Å². The Balaban J connectivity index is 1.66. The zero-order valence-corrected chi connectivity index (χ0v) is 12.8. The molecule has 0 aromatic heterocycles. The fourth-order valence-electron chi connectivity index (χ4n) is 2.12. The summed E-state index contributed by atoms with van der Waals surface area (Å²) in [5.41, 5.74) is 1.39. The number of hydrogen-bond donors (Lipinski definition) is 2. The lowest BCUT2D eigenvalue weighted by Gasteiger charge is -2.09. The van der Waals surface area contributed by atoms with Gasteiger partial charge in [0.25, 0.3) is 11.1 Å². The second kappa shape index (κ2) is 5.50. The first-order valence-corrected chi connectivity index (χ1v) is 8.44. The molecule has 0 aliphatic carbocycles. The van der Waals surface area contributed by atoms with Gasteiger partial charge in [0.1, 0.15) is 0 Å². The molecule has 2 aliphatic rings. The van der Waals surface area contributed by atoms with E-state index in [1.165, 1.54) is 6.08 Å². The van der Waals surface area contributed by atoms with E-state index < -0.39 is 15.9 Å². The third kappa shape index (κ3) is 3.00. The van der Waals surface area contributed by atoms with Gasteiger partial charge >= 0.3 is 0 Å². The van der Waals surface area contributed by atoms with Gasteiger partial charge in [-0.1, -0.05) is 23.4 Å². The molecule has 3 rings (SSSR count). The van der Waals surface area contributed by atoms with Gasteiger partial charge in [-0.3, -0.25) is 4.79 Å².